The van der Waals surface area contributed by atoms with Crippen LogP contribution in [0.5, 0.6) is 0 Å². The molecule has 0 atom stereocenters. The van der Waals surface area contributed by atoms with E-state index in [9.17, 15) is 8.42 Å². The molecule has 1 aromatic carbocycles. The third-order valence-corrected chi connectivity index (χ3v) is 5.62. The highest BCUT2D eigenvalue weighted by atomic mass is 35.5. The Morgan fingerprint density at radius 1 is 1.29 bits per heavy atom. The van der Waals surface area contributed by atoms with Crippen LogP contribution in [0, 0.1) is 0 Å². The zero-order valence-corrected chi connectivity index (χ0v) is 13.8. The van der Waals surface area contributed by atoms with Crippen LogP contribution in [0.4, 0.5) is 11.4 Å². The average Bonchev–Trinajstić information content (AvgIpc) is 2.86. The van der Waals surface area contributed by atoms with Crippen molar-refractivity contribution < 1.29 is 8.42 Å². The van der Waals surface area contributed by atoms with Crippen LogP contribution in [-0.4, -0.2) is 22.0 Å². The fraction of sp³-hybridized carbons (Fsp3) is 0.231. The third kappa shape index (κ3) is 4.10. The zero-order chi connectivity index (χ0) is 15.5. The van der Waals surface area contributed by atoms with Crippen molar-refractivity contribution in [2.75, 3.05) is 24.6 Å². The van der Waals surface area contributed by atoms with Crippen LogP contribution < -0.4 is 15.8 Å². The molecule has 0 radical (unpaired) electrons. The standard InChI is InChI=1S/C13H16ClN3O2S2/c1-16-21(18,19)12-8-9(15)2-4-11(12)17-7-6-10-3-5-13(14)20-10/h2-5,8,16-17H,6-7,15H2,1H3. The van der Waals surface area contributed by atoms with Crippen molar-refractivity contribution in [2.24, 2.45) is 0 Å². The summed E-state index contributed by atoms with van der Waals surface area (Å²) < 4.78 is 27.0. The number of thiophene rings is 1. The van der Waals surface area contributed by atoms with Crippen LogP contribution in [0.25, 0.3) is 0 Å². The molecule has 5 nitrogen and oxygen atoms in total. The Labute approximate surface area is 133 Å². The smallest absolute Gasteiger partial charge is 0.242 e. The van der Waals surface area contributed by atoms with Gasteiger partial charge < -0.3 is 11.1 Å². The lowest BCUT2D eigenvalue weighted by molar-refractivity contribution is 0.588. The molecule has 21 heavy (non-hydrogen) atoms. The summed E-state index contributed by atoms with van der Waals surface area (Å²) in [7, 11) is -2.18. The van der Waals surface area contributed by atoms with Gasteiger partial charge in [-0.15, -0.1) is 11.3 Å². The summed E-state index contributed by atoms with van der Waals surface area (Å²) in [5.41, 5.74) is 6.60. The normalized spacial score (nSPS) is 11.5. The summed E-state index contributed by atoms with van der Waals surface area (Å²) >= 11 is 7.39. The number of hydrogen-bond donors (Lipinski definition) is 3. The molecule has 114 valence electrons. The second-order valence-corrected chi connectivity index (χ2v) is 8.00. The number of nitrogens with one attached hydrogen (secondary N) is 2. The van der Waals surface area contributed by atoms with Crippen molar-refractivity contribution in [3.05, 3.63) is 39.5 Å². The van der Waals surface area contributed by atoms with Gasteiger partial charge in [-0.3, -0.25) is 0 Å². The summed E-state index contributed by atoms with van der Waals surface area (Å²) in [6.45, 7) is 0.604. The van der Waals surface area contributed by atoms with E-state index in [2.05, 4.69) is 10.0 Å². The number of nitrogen functional groups attached to an aromatic ring is 1. The molecule has 4 N–H and O–H groups in total. The van der Waals surface area contributed by atoms with E-state index >= 15 is 0 Å². The minimum Gasteiger partial charge on any atom is -0.399 e. The van der Waals surface area contributed by atoms with Crippen molar-refractivity contribution in [2.45, 2.75) is 11.3 Å². The highest BCUT2D eigenvalue weighted by Crippen LogP contribution is 2.25. The van der Waals surface area contributed by atoms with Gasteiger partial charge in [-0.25, -0.2) is 13.1 Å². The first-order valence-electron chi connectivity index (χ1n) is 6.23. The minimum absolute atomic E-state index is 0.147. The average molecular weight is 346 g/mol. The largest absolute Gasteiger partial charge is 0.399 e. The number of rotatable bonds is 6. The van der Waals surface area contributed by atoms with Crippen molar-refractivity contribution in [3.8, 4) is 0 Å². The molecule has 0 aliphatic carbocycles. The topological polar surface area (TPSA) is 84.2 Å². The zero-order valence-electron chi connectivity index (χ0n) is 11.4. The number of halogens is 1. The molecule has 0 aliphatic rings. The maximum absolute atomic E-state index is 12.0. The van der Waals surface area contributed by atoms with Crippen LogP contribution in [0.15, 0.2) is 35.2 Å². The lowest BCUT2D eigenvalue weighted by atomic mass is 10.2. The van der Waals surface area contributed by atoms with E-state index in [0.717, 1.165) is 15.6 Å². The lowest BCUT2D eigenvalue weighted by Gasteiger charge is -2.12. The molecule has 2 rings (SSSR count). The number of benzene rings is 1. The van der Waals surface area contributed by atoms with E-state index in [1.807, 2.05) is 12.1 Å². The Hall–Kier alpha value is -1.28. The molecule has 2 aromatic rings. The van der Waals surface area contributed by atoms with Gasteiger partial charge in [-0.05, 0) is 43.8 Å². The van der Waals surface area contributed by atoms with Crippen LogP contribution in [0.1, 0.15) is 4.88 Å². The predicted molar refractivity (Wildman–Crippen MR) is 88.6 cm³/mol. The van der Waals surface area contributed by atoms with Gasteiger partial charge in [0.05, 0.1) is 10.0 Å². The van der Waals surface area contributed by atoms with Gasteiger partial charge >= 0.3 is 0 Å². The first kappa shape index (κ1) is 16.1. The second kappa shape index (κ2) is 6.65. The fourth-order valence-corrected chi connectivity index (χ4v) is 3.85. The monoisotopic (exact) mass is 345 g/mol. The van der Waals surface area contributed by atoms with E-state index < -0.39 is 10.0 Å². The van der Waals surface area contributed by atoms with E-state index in [1.54, 1.807) is 12.1 Å². The molecule has 0 aliphatic heterocycles. The van der Waals surface area contributed by atoms with Crippen molar-refractivity contribution in [1.82, 2.24) is 4.72 Å². The molecule has 0 spiro atoms. The van der Waals surface area contributed by atoms with Gasteiger partial charge in [0.15, 0.2) is 0 Å². The minimum atomic E-state index is -3.55. The molecule has 8 heteroatoms. The summed E-state index contributed by atoms with van der Waals surface area (Å²) in [5, 5.41) is 3.13. The summed E-state index contributed by atoms with van der Waals surface area (Å²) in [6, 6.07) is 8.58. The van der Waals surface area contributed by atoms with Gasteiger partial charge in [0.2, 0.25) is 10.0 Å². The SMILES string of the molecule is CNS(=O)(=O)c1cc(N)ccc1NCCc1ccc(Cl)s1. The Morgan fingerprint density at radius 3 is 2.67 bits per heavy atom. The first-order chi connectivity index (χ1) is 9.92. The van der Waals surface area contributed by atoms with Crippen LogP contribution in [0.3, 0.4) is 0 Å². The second-order valence-electron chi connectivity index (χ2n) is 4.35. The molecular weight excluding hydrogens is 330 g/mol. The van der Waals surface area contributed by atoms with Gasteiger partial charge in [-0.2, -0.15) is 0 Å². The number of anilines is 2. The Balaban J connectivity index is 2.13. The highest BCUT2D eigenvalue weighted by Gasteiger charge is 2.16. The maximum atomic E-state index is 12.0. The van der Waals surface area contributed by atoms with Gasteiger partial charge in [0.1, 0.15) is 4.90 Å². The summed E-state index contributed by atoms with van der Waals surface area (Å²) in [4.78, 5) is 1.29. The van der Waals surface area contributed by atoms with Crippen molar-refractivity contribution in [3.63, 3.8) is 0 Å². The Kier molecular flexibility index (Phi) is 5.10. The van der Waals surface area contributed by atoms with E-state index in [0.29, 0.717) is 17.9 Å². The third-order valence-electron chi connectivity index (χ3n) is 2.88. The molecular formula is C13H16ClN3O2S2. The van der Waals surface area contributed by atoms with Gasteiger partial charge in [0, 0.05) is 17.1 Å². The molecule has 0 fully saturated rings. The molecule has 0 amide bonds. The summed E-state index contributed by atoms with van der Waals surface area (Å²) in [6.07, 6.45) is 0.765. The molecule has 1 heterocycles. The first-order valence-corrected chi connectivity index (χ1v) is 8.91. The van der Waals surface area contributed by atoms with Crippen LogP contribution in [-0.2, 0) is 16.4 Å². The molecule has 1 aromatic heterocycles. The highest BCUT2D eigenvalue weighted by molar-refractivity contribution is 7.89. The van der Waals surface area contributed by atoms with E-state index in [4.69, 9.17) is 17.3 Å². The van der Waals surface area contributed by atoms with Crippen molar-refractivity contribution in [1.29, 1.82) is 0 Å². The van der Waals surface area contributed by atoms with Crippen LogP contribution in [0.2, 0.25) is 4.34 Å². The van der Waals surface area contributed by atoms with Gasteiger partial charge in [0.25, 0.3) is 0 Å². The fourth-order valence-electron chi connectivity index (χ4n) is 1.82. The molecule has 0 saturated heterocycles. The maximum Gasteiger partial charge on any atom is 0.242 e. The number of nitrogens with two attached hydrogens (primary N) is 1. The predicted octanol–water partition coefficient (Wildman–Crippen LogP) is 2.55. The Bertz CT molecular complexity index is 729. The van der Waals surface area contributed by atoms with Gasteiger partial charge in [-0.1, -0.05) is 11.6 Å². The van der Waals surface area contributed by atoms with Crippen LogP contribution >= 0.6 is 22.9 Å². The van der Waals surface area contributed by atoms with Crippen molar-refractivity contribution >= 4 is 44.3 Å². The quantitative estimate of drug-likeness (QED) is 0.702. The summed E-state index contributed by atoms with van der Waals surface area (Å²) in [5.74, 6) is 0. The molecule has 0 unspecified atom stereocenters. The van der Waals surface area contributed by atoms with E-state index in [-0.39, 0.29) is 4.90 Å². The Morgan fingerprint density at radius 2 is 2.05 bits per heavy atom. The lowest BCUT2D eigenvalue weighted by Crippen LogP contribution is -2.20. The number of hydrogen-bond acceptors (Lipinski definition) is 5. The molecule has 0 saturated carbocycles. The molecule has 0 bridgehead atoms. The number of sulfonamides is 1. The van der Waals surface area contributed by atoms with E-state index in [1.165, 1.54) is 24.5 Å².